The van der Waals surface area contributed by atoms with Crippen molar-refractivity contribution >= 4 is 40.8 Å². The minimum absolute atomic E-state index is 0.213. The fraction of sp³-hybridized carbons (Fsp3) is 0.267. The highest BCUT2D eigenvalue weighted by Gasteiger charge is 2.24. The molecule has 0 bridgehead atoms. The maximum absolute atomic E-state index is 12.1. The number of carbonyl (C=O) groups excluding carboxylic acids is 2. The second-order valence-corrected chi connectivity index (χ2v) is 5.70. The number of anilines is 1. The molecule has 0 fully saturated rings. The molecule has 122 valence electrons. The number of nitrogens with one attached hydrogen (secondary N) is 1. The van der Waals surface area contributed by atoms with E-state index in [0.717, 1.165) is 0 Å². The van der Waals surface area contributed by atoms with E-state index in [1.807, 2.05) is 0 Å². The summed E-state index contributed by atoms with van der Waals surface area (Å²) in [5, 5.41) is 6.98. The fourth-order valence-electron chi connectivity index (χ4n) is 1.88. The van der Waals surface area contributed by atoms with Crippen molar-refractivity contribution in [2.24, 2.45) is 0 Å². The van der Waals surface area contributed by atoms with Gasteiger partial charge in [0.2, 0.25) is 0 Å². The first-order valence-electron chi connectivity index (χ1n) is 6.69. The highest BCUT2D eigenvalue weighted by atomic mass is 35.5. The SMILES string of the molecule is Cc1noc(C)c1C(=O)OC(C)C(=O)Nc1cc(Cl)ccc1Cl. The Morgan fingerprint density at radius 2 is 2.00 bits per heavy atom. The van der Waals surface area contributed by atoms with Gasteiger partial charge in [-0.1, -0.05) is 28.4 Å². The molecule has 1 amide bonds. The van der Waals surface area contributed by atoms with Gasteiger partial charge in [-0.3, -0.25) is 4.79 Å². The Morgan fingerprint density at radius 1 is 1.30 bits per heavy atom. The summed E-state index contributed by atoms with van der Waals surface area (Å²) in [6, 6.07) is 4.66. The number of hydrogen-bond donors (Lipinski definition) is 1. The lowest BCUT2D eigenvalue weighted by Gasteiger charge is -2.14. The molecule has 1 unspecified atom stereocenters. The van der Waals surface area contributed by atoms with Crippen LogP contribution < -0.4 is 5.32 Å². The zero-order chi connectivity index (χ0) is 17.1. The van der Waals surface area contributed by atoms with E-state index in [9.17, 15) is 9.59 Å². The van der Waals surface area contributed by atoms with Gasteiger partial charge in [-0.2, -0.15) is 0 Å². The molecule has 1 aromatic carbocycles. The number of halogens is 2. The standard InChI is InChI=1S/C15H14Cl2N2O4/c1-7-13(8(2)23-19-7)15(21)22-9(3)14(20)18-12-6-10(16)4-5-11(12)17/h4-6,9H,1-3H3,(H,18,20). The third-order valence-electron chi connectivity index (χ3n) is 3.08. The normalized spacial score (nSPS) is 11.9. The van der Waals surface area contributed by atoms with Crippen LogP contribution in [-0.2, 0) is 9.53 Å². The average molecular weight is 357 g/mol. The van der Waals surface area contributed by atoms with Crippen molar-refractivity contribution in [3.63, 3.8) is 0 Å². The highest BCUT2D eigenvalue weighted by molar-refractivity contribution is 6.35. The summed E-state index contributed by atoms with van der Waals surface area (Å²) in [6.45, 7) is 4.65. The van der Waals surface area contributed by atoms with E-state index < -0.39 is 18.0 Å². The number of aromatic nitrogens is 1. The maximum atomic E-state index is 12.1. The predicted molar refractivity (Wildman–Crippen MR) is 85.9 cm³/mol. The molecule has 0 saturated carbocycles. The number of ether oxygens (including phenoxy) is 1. The Kier molecular flexibility index (Phi) is 5.28. The molecule has 0 saturated heterocycles. The summed E-state index contributed by atoms with van der Waals surface area (Å²) in [6.07, 6.45) is -1.04. The molecule has 0 spiro atoms. The molecule has 23 heavy (non-hydrogen) atoms. The Morgan fingerprint density at radius 3 is 2.61 bits per heavy atom. The van der Waals surface area contributed by atoms with Crippen LogP contribution in [0.25, 0.3) is 0 Å². The van der Waals surface area contributed by atoms with Gasteiger partial charge in [0.25, 0.3) is 5.91 Å². The van der Waals surface area contributed by atoms with E-state index in [-0.39, 0.29) is 5.56 Å². The van der Waals surface area contributed by atoms with Crippen molar-refractivity contribution in [2.75, 3.05) is 5.32 Å². The van der Waals surface area contributed by atoms with Crippen LogP contribution in [0, 0.1) is 13.8 Å². The number of benzene rings is 1. The zero-order valence-corrected chi connectivity index (χ0v) is 14.2. The number of aryl methyl sites for hydroxylation is 2. The van der Waals surface area contributed by atoms with E-state index in [1.54, 1.807) is 26.0 Å². The Bertz CT molecular complexity index is 738. The average Bonchev–Trinajstić information content (AvgIpc) is 2.81. The molecule has 6 nitrogen and oxygen atoms in total. The van der Waals surface area contributed by atoms with Gasteiger partial charge in [0.1, 0.15) is 11.3 Å². The molecule has 0 aliphatic carbocycles. The summed E-state index contributed by atoms with van der Waals surface area (Å²) in [7, 11) is 0. The number of nitrogens with zero attached hydrogens (tertiary/aromatic N) is 1. The Balaban J connectivity index is 2.05. The molecule has 2 rings (SSSR count). The minimum Gasteiger partial charge on any atom is -0.449 e. The Labute approximate surface area is 142 Å². The smallest absolute Gasteiger partial charge is 0.344 e. The van der Waals surface area contributed by atoms with Gasteiger partial charge >= 0.3 is 5.97 Å². The lowest BCUT2D eigenvalue weighted by molar-refractivity contribution is -0.123. The van der Waals surface area contributed by atoms with Crippen molar-refractivity contribution < 1.29 is 18.8 Å². The molecule has 0 aliphatic heterocycles. The van der Waals surface area contributed by atoms with E-state index in [0.29, 0.717) is 27.2 Å². The number of carbonyl (C=O) groups is 2. The molecule has 1 atom stereocenters. The zero-order valence-electron chi connectivity index (χ0n) is 12.6. The van der Waals surface area contributed by atoms with Crippen LogP contribution in [0.15, 0.2) is 22.7 Å². The van der Waals surface area contributed by atoms with E-state index in [2.05, 4.69) is 10.5 Å². The predicted octanol–water partition coefficient (Wildman–Crippen LogP) is 3.78. The first-order valence-corrected chi connectivity index (χ1v) is 7.45. The van der Waals surface area contributed by atoms with Crippen LogP contribution in [0.3, 0.4) is 0 Å². The van der Waals surface area contributed by atoms with Crippen molar-refractivity contribution in [2.45, 2.75) is 26.9 Å². The summed E-state index contributed by atoms with van der Waals surface area (Å²) in [4.78, 5) is 24.2. The quantitative estimate of drug-likeness (QED) is 0.842. The molecule has 0 aliphatic rings. The number of hydrogen-bond acceptors (Lipinski definition) is 5. The van der Waals surface area contributed by atoms with Crippen molar-refractivity contribution in [1.29, 1.82) is 0 Å². The third kappa shape index (κ3) is 4.03. The van der Waals surface area contributed by atoms with Crippen LogP contribution >= 0.6 is 23.2 Å². The molecule has 2 aromatic rings. The van der Waals surface area contributed by atoms with E-state index >= 15 is 0 Å². The van der Waals surface area contributed by atoms with E-state index in [1.165, 1.54) is 13.0 Å². The first kappa shape index (κ1) is 17.3. The monoisotopic (exact) mass is 356 g/mol. The van der Waals surface area contributed by atoms with Crippen LogP contribution in [-0.4, -0.2) is 23.1 Å². The van der Waals surface area contributed by atoms with Crippen LogP contribution in [0.5, 0.6) is 0 Å². The van der Waals surface area contributed by atoms with Crippen molar-refractivity contribution in [3.05, 3.63) is 45.3 Å². The molecular formula is C15H14Cl2N2O4. The number of amides is 1. The second kappa shape index (κ2) is 7.02. The highest BCUT2D eigenvalue weighted by Crippen LogP contribution is 2.25. The largest absolute Gasteiger partial charge is 0.449 e. The molecule has 1 heterocycles. The van der Waals surface area contributed by atoms with E-state index in [4.69, 9.17) is 32.5 Å². The summed E-state index contributed by atoms with van der Waals surface area (Å²) >= 11 is 11.8. The lowest BCUT2D eigenvalue weighted by atomic mass is 10.2. The number of rotatable bonds is 4. The van der Waals surface area contributed by atoms with Gasteiger partial charge in [0.05, 0.1) is 16.4 Å². The maximum Gasteiger partial charge on any atom is 0.344 e. The van der Waals surface area contributed by atoms with Gasteiger partial charge in [0, 0.05) is 5.02 Å². The van der Waals surface area contributed by atoms with Crippen LogP contribution in [0.4, 0.5) is 5.69 Å². The first-order chi connectivity index (χ1) is 10.8. The van der Waals surface area contributed by atoms with Crippen LogP contribution in [0.2, 0.25) is 10.0 Å². The second-order valence-electron chi connectivity index (χ2n) is 4.86. The topological polar surface area (TPSA) is 81.4 Å². The fourth-order valence-corrected chi connectivity index (χ4v) is 2.21. The van der Waals surface area contributed by atoms with Crippen molar-refractivity contribution in [3.8, 4) is 0 Å². The molecule has 0 radical (unpaired) electrons. The number of esters is 1. The minimum atomic E-state index is -1.04. The lowest BCUT2D eigenvalue weighted by Crippen LogP contribution is -2.30. The van der Waals surface area contributed by atoms with Gasteiger partial charge in [-0.25, -0.2) is 4.79 Å². The van der Waals surface area contributed by atoms with Gasteiger partial charge in [-0.15, -0.1) is 0 Å². The third-order valence-corrected chi connectivity index (χ3v) is 3.64. The molecule has 8 heteroatoms. The molecule has 1 N–H and O–H groups in total. The van der Waals surface area contributed by atoms with Gasteiger partial charge in [0.15, 0.2) is 6.10 Å². The molecular weight excluding hydrogens is 343 g/mol. The Hall–Kier alpha value is -2.05. The molecule has 1 aromatic heterocycles. The summed E-state index contributed by atoms with van der Waals surface area (Å²) in [5.41, 5.74) is 0.952. The van der Waals surface area contributed by atoms with Gasteiger partial charge < -0.3 is 14.6 Å². The van der Waals surface area contributed by atoms with Crippen LogP contribution in [0.1, 0.15) is 28.7 Å². The van der Waals surface area contributed by atoms with Gasteiger partial charge in [-0.05, 0) is 39.0 Å². The van der Waals surface area contributed by atoms with Crippen molar-refractivity contribution in [1.82, 2.24) is 5.16 Å². The summed E-state index contributed by atoms with van der Waals surface area (Å²) < 4.78 is 10.0. The summed E-state index contributed by atoms with van der Waals surface area (Å²) in [5.74, 6) is -0.881.